The Balaban J connectivity index is 1.65. The molecule has 0 aliphatic carbocycles. The average molecular weight is 430 g/mol. The summed E-state index contributed by atoms with van der Waals surface area (Å²) in [7, 11) is 0. The van der Waals surface area contributed by atoms with Crippen LogP contribution in [-0.4, -0.2) is 36.5 Å². The van der Waals surface area contributed by atoms with E-state index in [0.717, 1.165) is 25.7 Å². The highest BCUT2D eigenvalue weighted by Crippen LogP contribution is 2.31. The lowest BCUT2D eigenvalue weighted by Gasteiger charge is -2.40. The zero-order valence-corrected chi connectivity index (χ0v) is 17.8. The normalized spacial score (nSPS) is 15.6. The monoisotopic (exact) mass is 430 g/mol. The van der Waals surface area contributed by atoms with Crippen LogP contribution in [0.5, 0.6) is 5.75 Å². The highest BCUT2D eigenvalue weighted by atomic mass is 19.1. The summed E-state index contributed by atoms with van der Waals surface area (Å²) in [4.78, 5) is 27.8. The second-order valence-electron chi connectivity index (χ2n) is 8.33. The fourth-order valence-electron chi connectivity index (χ4n) is 4.09. The second-order valence-corrected chi connectivity index (χ2v) is 8.33. The summed E-state index contributed by atoms with van der Waals surface area (Å²) >= 11 is 0. The van der Waals surface area contributed by atoms with E-state index in [1.807, 2.05) is 0 Å². The van der Waals surface area contributed by atoms with Crippen molar-refractivity contribution in [1.29, 1.82) is 0 Å². The third-order valence-electron chi connectivity index (χ3n) is 5.67. The predicted molar refractivity (Wildman–Crippen MR) is 115 cm³/mol. The molecule has 0 bridgehead atoms. The standard InChI is InChI=1S/C24H28F2N2O3/c1-17(2)15-23(28(16-29)21-7-3-19(25)4-8-21)18-11-13-27(14-12-18)24(30)31-22-9-5-20(26)6-10-22/h3-10,16-18,23H,11-15H2,1-2H3. The molecule has 1 aliphatic rings. The van der Waals surface area contributed by atoms with Gasteiger partial charge in [0.05, 0.1) is 0 Å². The van der Waals surface area contributed by atoms with E-state index < -0.39 is 11.9 Å². The molecule has 1 heterocycles. The number of amides is 2. The lowest BCUT2D eigenvalue weighted by Crippen LogP contribution is -2.47. The van der Waals surface area contributed by atoms with Crippen LogP contribution in [-0.2, 0) is 4.79 Å². The number of nitrogens with zero attached hydrogens (tertiary/aromatic N) is 2. The number of benzene rings is 2. The molecular weight excluding hydrogens is 402 g/mol. The molecule has 0 aromatic heterocycles. The molecule has 0 N–H and O–H groups in total. The quantitative estimate of drug-likeness (QED) is 0.564. The lowest BCUT2D eigenvalue weighted by molar-refractivity contribution is -0.108. The van der Waals surface area contributed by atoms with Crippen molar-refractivity contribution in [3.05, 3.63) is 60.2 Å². The Morgan fingerprint density at radius 3 is 2.13 bits per heavy atom. The number of piperidine rings is 1. The van der Waals surface area contributed by atoms with Gasteiger partial charge in [0.15, 0.2) is 0 Å². The smallest absolute Gasteiger partial charge is 0.410 e. The molecular formula is C24H28F2N2O3. The van der Waals surface area contributed by atoms with Gasteiger partial charge in [0.2, 0.25) is 6.41 Å². The van der Waals surface area contributed by atoms with Crippen molar-refractivity contribution in [2.75, 3.05) is 18.0 Å². The van der Waals surface area contributed by atoms with Gasteiger partial charge in [-0.3, -0.25) is 4.79 Å². The zero-order valence-electron chi connectivity index (χ0n) is 17.8. The number of hydrogen-bond acceptors (Lipinski definition) is 3. The van der Waals surface area contributed by atoms with Crippen molar-refractivity contribution < 1.29 is 23.1 Å². The number of likely N-dealkylation sites (tertiary alicyclic amines) is 1. The summed E-state index contributed by atoms with van der Waals surface area (Å²) in [5.74, 6) is 0.136. The number of anilines is 1. The van der Waals surface area contributed by atoms with E-state index in [1.165, 1.54) is 36.4 Å². The van der Waals surface area contributed by atoms with Crippen molar-refractivity contribution in [2.24, 2.45) is 11.8 Å². The Kier molecular flexibility index (Phi) is 7.60. The Labute approximate surface area is 181 Å². The van der Waals surface area contributed by atoms with Crippen LogP contribution in [0.2, 0.25) is 0 Å². The number of carbonyl (C=O) groups is 2. The largest absolute Gasteiger partial charge is 0.415 e. The summed E-state index contributed by atoms with van der Waals surface area (Å²) in [5.41, 5.74) is 0.667. The SMILES string of the molecule is CC(C)CC(C1CCN(C(=O)Oc2ccc(F)cc2)CC1)N(C=O)c1ccc(F)cc1. The summed E-state index contributed by atoms with van der Waals surface area (Å²) in [5, 5.41) is 0. The molecule has 7 heteroatoms. The molecule has 5 nitrogen and oxygen atoms in total. The van der Waals surface area contributed by atoms with Gasteiger partial charge >= 0.3 is 6.09 Å². The third-order valence-corrected chi connectivity index (χ3v) is 5.67. The van der Waals surface area contributed by atoms with Gasteiger partial charge in [-0.15, -0.1) is 0 Å². The number of ether oxygens (including phenoxy) is 1. The molecule has 2 aromatic carbocycles. The highest BCUT2D eigenvalue weighted by molar-refractivity contribution is 5.76. The van der Waals surface area contributed by atoms with Crippen LogP contribution >= 0.6 is 0 Å². The minimum Gasteiger partial charge on any atom is -0.410 e. The molecule has 0 spiro atoms. The summed E-state index contributed by atoms with van der Waals surface area (Å²) < 4.78 is 31.7. The first-order valence-electron chi connectivity index (χ1n) is 10.6. The van der Waals surface area contributed by atoms with Gasteiger partial charge in [0, 0.05) is 24.8 Å². The van der Waals surface area contributed by atoms with Crippen molar-refractivity contribution >= 4 is 18.2 Å². The van der Waals surface area contributed by atoms with Crippen LogP contribution in [0.1, 0.15) is 33.1 Å². The molecule has 166 valence electrons. The molecule has 1 saturated heterocycles. The molecule has 31 heavy (non-hydrogen) atoms. The minimum atomic E-state index is -0.462. The van der Waals surface area contributed by atoms with Gasteiger partial charge < -0.3 is 14.5 Å². The first-order chi connectivity index (χ1) is 14.9. The molecule has 1 aliphatic heterocycles. The maximum absolute atomic E-state index is 13.3. The molecule has 2 aromatic rings. The Hall–Kier alpha value is -2.96. The number of rotatable bonds is 7. The first-order valence-corrected chi connectivity index (χ1v) is 10.6. The van der Waals surface area contributed by atoms with Crippen LogP contribution in [0.3, 0.4) is 0 Å². The number of halogens is 2. The fourth-order valence-corrected chi connectivity index (χ4v) is 4.09. The molecule has 0 saturated carbocycles. The van der Waals surface area contributed by atoms with Crippen LogP contribution in [0.4, 0.5) is 19.3 Å². The molecule has 1 unspecified atom stereocenters. The minimum absolute atomic E-state index is 0.0433. The van der Waals surface area contributed by atoms with Crippen LogP contribution < -0.4 is 9.64 Å². The van der Waals surface area contributed by atoms with Crippen molar-refractivity contribution in [1.82, 2.24) is 4.90 Å². The second kappa shape index (κ2) is 10.4. The predicted octanol–water partition coefficient (Wildman–Crippen LogP) is 5.25. The van der Waals surface area contributed by atoms with Gasteiger partial charge in [-0.25, -0.2) is 13.6 Å². The van der Waals surface area contributed by atoms with Crippen molar-refractivity contribution in [3.63, 3.8) is 0 Å². The molecule has 1 atom stereocenters. The first kappa shape index (κ1) is 22.7. The van der Waals surface area contributed by atoms with Crippen molar-refractivity contribution in [3.8, 4) is 5.75 Å². The molecule has 3 rings (SSSR count). The zero-order chi connectivity index (χ0) is 22.4. The Bertz CT molecular complexity index is 863. The van der Waals surface area contributed by atoms with Crippen LogP contribution in [0.15, 0.2) is 48.5 Å². The summed E-state index contributed by atoms with van der Waals surface area (Å²) in [6.45, 7) is 5.23. The Morgan fingerprint density at radius 2 is 1.61 bits per heavy atom. The highest BCUT2D eigenvalue weighted by Gasteiger charge is 2.33. The average Bonchev–Trinajstić information content (AvgIpc) is 2.76. The molecule has 1 fully saturated rings. The summed E-state index contributed by atoms with van der Waals surface area (Å²) in [6, 6.07) is 11.2. The van der Waals surface area contributed by atoms with E-state index in [9.17, 15) is 18.4 Å². The van der Waals surface area contributed by atoms with Crippen LogP contribution in [0.25, 0.3) is 0 Å². The maximum Gasteiger partial charge on any atom is 0.415 e. The van der Waals surface area contributed by atoms with E-state index in [1.54, 1.807) is 21.9 Å². The van der Waals surface area contributed by atoms with Crippen molar-refractivity contribution in [2.45, 2.75) is 39.2 Å². The topological polar surface area (TPSA) is 49.9 Å². The van der Waals surface area contributed by atoms with Gasteiger partial charge in [-0.2, -0.15) is 0 Å². The van der Waals surface area contributed by atoms with E-state index in [2.05, 4.69) is 13.8 Å². The van der Waals surface area contributed by atoms with E-state index in [-0.39, 0.29) is 17.8 Å². The lowest BCUT2D eigenvalue weighted by atomic mass is 9.84. The third kappa shape index (κ3) is 6.03. The summed E-state index contributed by atoms with van der Waals surface area (Å²) in [6.07, 6.45) is 2.61. The van der Waals surface area contributed by atoms with Gasteiger partial charge in [0.1, 0.15) is 17.4 Å². The Morgan fingerprint density at radius 1 is 1.06 bits per heavy atom. The van der Waals surface area contributed by atoms with Gasteiger partial charge in [-0.05, 0) is 79.6 Å². The maximum atomic E-state index is 13.3. The van der Waals surface area contributed by atoms with E-state index in [4.69, 9.17) is 4.74 Å². The van der Waals surface area contributed by atoms with Crippen LogP contribution in [0, 0.1) is 23.5 Å². The fraction of sp³-hybridized carbons (Fsp3) is 0.417. The van der Waals surface area contributed by atoms with E-state index >= 15 is 0 Å². The number of carbonyl (C=O) groups excluding carboxylic acids is 2. The molecule has 2 amide bonds. The van der Waals surface area contributed by atoms with Gasteiger partial charge in [-0.1, -0.05) is 13.8 Å². The molecule has 0 radical (unpaired) electrons. The van der Waals surface area contributed by atoms with E-state index in [0.29, 0.717) is 30.4 Å². The van der Waals surface area contributed by atoms with Gasteiger partial charge in [0.25, 0.3) is 0 Å². The number of hydrogen-bond donors (Lipinski definition) is 0.